The van der Waals surface area contributed by atoms with E-state index in [0.717, 1.165) is 11.1 Å². The highest BCUT2D eigenvalue weighted by atomic mass is 16.3. The molecule has 1 aromatic heterocycles. The molecule has 3 aromatic carbocycles. The minimum Gasteiger partial charge on any atom is -0.459 e. The fraction of sp³-hybridized carbons (Fsp3) is 0.125. The summed E-state index contributed by atoms with van der Waals surface area (Å²) in [6.07, 6.45) is 0. The van der Waals surface area contributed by atoms with E-state index in [1.165, 1.54) is 9.13 Å². The first-order chi connectivity index (χ1) is 14.5. The van der Waals surface area contributed by atoms with Crippen molar-refractivity contribution in [2.24, 2.45) is 0 Å². The van der Waals surface area contributed by atoms with Gasteiger partial charge in [0.2, 0.25) is 17.7 Å². The van der Waals surface area contributed by atoms with Crippen LogP contribution in [0.3, 0.4) is 0 Å². The van der Waals surface area contributed by atoms with Crippen molar-refractivity contribution in [3.8, 4) is 17.6 Å². The number of rotatable bonds is 4. The van der Waals surface area contributed by atoms with E-state index in [2.05, 4.69) is 5.32 Å². The summed E-state index contributed by atoms with van der Waals surface area (Å²) in [6, 6.07) is 21.6. The van der Waals surface area contributed by atoms with E-state index in [4.69, 9.17) is 0 Å². The number of aromatic nitrogens is 2. The Morgan fingerprint density at radius 2 is 1.60 bits per heavy atom. The second-order valence-corrected chi connectivity index (χ2v) is 7.25. The molecular formula is C24H23N3O3+2. The number of carbonyl (C=O) groups excluding carboxylic acids is 1. The van der Waals surface area contributed by atoms with Crippen LogP contribution in [-0.4, -0.2) is 16.1 Å². The molecule has 4 rings (SSSR count). The lowest BCUT2D eigenvalue weighted by Crippen LogP contribution is -2.49. The van der Waals surface area contributed by atoms with E-state index in [-0.39, 0.29) is 24.3 Å². The Balaban J connectivity index is 1.78. The summed E-state index contributed by atoms with van der Waals surface area (Å²) in [6.45, 7) is 3.88. The summed E-state index contributed by atoms with van der Waals surface area (Å²) in [7, 11) is 0. The molecule has 0 unspecified atom stereocenters. The highest BCUT2D eigenvalue weighted by Gasteiger charge is 2.36. The first-order valence-corrected chi connectivity index (χ1v) is 9.67. The van der Waals surface area contributed by atoms with Crippen molar-refractivity contribution in [1.82, 2.24) is 0 Å². The number of benzene rings is 3. The molecule has 0 atom stereocenters. The van der Waals surface area contributed by atoms with Crippen LogP contribution in [0.2, 0.25) is 0 Å². The van der Waals surface area contributed by atoms with Crippen LogP contribution >= 0.6 is 0 Å². The molecular weight excluding hydrogens is 378 g/mol. The Hall–Kier alpha value is -3.93. The first kappa shape index (κ1) is 19.4. The minimum atomic E-state index is -0.283. The number of aromatic hydroxyl groups is 2. The van der Waals surface area contributed by atoms with Crippen molar-refractivity contribution in [3.63, 3.8) is 0 Å². The molecule has 6 nitrogen and oxygen atoms in total. The number of nitrogens with zero attached hydrogens (tertiary/aromatic N) is 2. The molecule has 0 fully saturated rings. The molecule has 3 N–H and O–H groups in total. The van der Waals surface area contributed by atoms with Crippen LogP contribution in [0, 0.1) is 13.8 Å². The first-order valence-electron chi connectivity index (χ1n) is 9.67. The number of aryl methyl sites for hydroxylation is 2. The van der Waals surface area contributed by atoms with Crippen molar-refractivity contribution in [3.05, 3.63) is 83.9 Å². The van der Waals surface area contributed by atoms with Gasteiger partial charge in [0.25, 0.3) is 5.91 Å². The Morgan fingerprint density at radius 3 is 2.33 bits per heavy atom. The van der Waals surface area contributed by atoms with Crippen LogP contribution in [0.4, 0.5) is 5.69 Å². The zero-order chi connectivity index (χ0) is 21.3. The molecule has 0 bridgehead atoms. The largest absolute Gasteiger partial charge is 0.638 e. The smallest absolute Gasteiger partial charge is 0.459 e. The van der Waals surface area contributed by atoms with Crippen LogP contribution in [0.25, 0.3) is 16.6 Å². The second-order valence-electron chi connectivity index (χ2n) is 7.25. The van der Waals surface area contributed by atoms with E-state index in [1.807, 2.05) is 50.2 Å². The van der Waals surface area contributed by atoms with Gasteiger partial charge in [0.05, 0.1) is 0 Å². The Kier molecular flexibility index (Phi) is 5.06. The number of hydrogen-bond donors (Lipinski definition) is 3. The van der Waals surface area contributed by atoms with Crippen LogP contribution in [0.5, 0.6) is 11.9 Å². The average Bonchev–Trinajstić information content (AvgIpc) is 2.75. The molecule has 0 radical (unpaired) electrons. The highest BCUT2D eigenvalue weighted by Crippen LogP contribution is 2.22. The van der Waals surface area contributed by atoms with E-state index in [9.17, 15) is 15.0 Å². The minimum absolute atomic E-state index is 0.0971. The number of fused-ring (bicyclic) bond motifs is 1. The zero-order valence-electron chi connectivity index (χ0n) is 16.8. The summed E-state index contributed by atoms with van der Waals surface area (Å²) in [5, 5.41) is 25.2. The molecule has 0 saturated heterocycles. The van der Waals surface area contributed by atoms with Gasteiger partial charge in [0.1, 0.15) is 0 Å². The van der Waals surface area contributed by atoms with E-state index < -0.39 is 0 Å². The summed E-state index contributed by atoms with van der Waals surface area (Å²) in [5.74, 6) is -0.380. The van der Waals surface area contributed by atoms with E-state index in [1.54, 1.807) is 36.4 Å². The van der Waals surface area contributed by atoms with Crippen molar-refractivity contribution in [2.45, 2.75) is 20.4 Å². The zero-order valence-corrected chi connectivity index (χ0v) is 16.8. The SMILES string of the molecule is Cc1ccc(NC(=O)C[n+]2c(O)[n+](-c3ccccc3)c(O)c3ccccc32)cc1C. The number of carbonyl (C=O) groups is 1. The average molecular weight is 401 g/mol. The van der Waals surface area contributed by atoms with Gasteiger partial charge in [-0.15, -0.1) is 0 Å². The highest BCUT2D eigenvalue weighted by molar-refractivity contribution is 5.90. The van der Waals surface area contributed by atoms with Gasteiger partial charge in [-0.25, -0.2) is 0 Å². The summed E-state index contributed by atoms with van der Waals surface area (Å²) in [5.41, 5.74) is 4.06. The molecule has 0 saturated carbocycles. The van der Waals surface area contributed by atoms with Crippen LogP contribution in [0.15, 0.2) is 72.8 Å². The van der Waals surface area contributed by atoms with Crippen LogP contribution < -0.4 is 14.5 Å². The Morgan fingerprint density at radius 1 is 0.900 bits per heavy atom. The molecule has 30 heavy (non-hydrogen) atoms. The van der Waals surface area contributed by atoms with Gasteiger partial charge in [-0.2, -0.15) is 0 Å². The number of nitrogens with one attached hydrogen (secondary N) is 1. The third-order valence-electron chi connectivity index (χ3n) is 5.20. The number of para-hydroxylation sites is 2. The topological polar surface area (TPSA) is 77.3 Å². The lowest BCUT2D eigenvalue weighted by Gasteiger charge is -2.07. The molecule has 0 aliphatic rings. The lowest BCUT2D eigenvalue weighted by molar-refractivity contribution is -0.774. The standard InChI is InChI=1S/C24H21N3O3/c1-16-12-13-18(14-17(16)2)25-22(28)15-26-21-11-7-6-10-20(21)23(29)27(24(26)30)19-8-4-3-5-9-19/h3-14H,15H2,1-2H3,(H,25,28)/p+2. The summed E-state index contributed by atoms with van der Waals surface area (Å²) in [4.78, 5) is 12.8. The Labute approximate surface area is 174 Å². The summed E-state index contributed by atoms with van der Waals surface area (Å²) >= 11 is 0. The van der Waals surface area contributed by atoms with E-state index >= 15 is 0 Å². The molecule has 4 aromatic rings. The van der Waals surface area contributed by atoms with Gasteiger partial charge in [0.15, 0.2) is 5.39 Å². The van der Waals surface area contributed by atoms with Gasteiger partial charge in [-0.1, -0.05) is 41.0 Å². The maximum Gasteiger partial charge on any atom is 0.638 e. The van der Waals surface area contributed by atoms with Gasteiger partial charge < -0.3 is 15.5 Å². The normalized spacial score (nSPS) is 10.9. The van der Waals surface area contributed by atoms with Gasteiger partial charge >= 0.3 is 11.9 Å². The fourth-order valence-corrected chi connectivity index (χ4v) is 3.48. The predicted octanol–water partition coefficient (Wildman–Crippen LogP) is 3.07. The number of hydrogen-bond acceptors (Lipinski definition) is 3. The quantitative estimate of drug-likeness (QED) is 0.460. The third kappa shape index (κ3) is 3.55. The second kappa shape index (κ2) is 7.83. The number of anilines is 1. The fourth-order valence-electron chi connectivity index (χ4n) is 3.48. The molecule has 0 spiro atoms. The van der Waals surface area contributed by atoms with Crippen molar-refractivity contribution in [2.75, 3.05) is 5.32 Å². The van der Waals surface area contributed by atoms with Gasteiger partial charge in [0, 0.05) is 23.9 Å². The third-order valence-corrected chi connectivity index (χ3v) is 5.20. The molecule has 6 heteroatoms. The van der Waals surface area contributed by atoms with Crippen LogP contribution in [0.1, 0.15) is 11.1 Å². The molecule has 1 amide bonds. The lowest BCUT2D eigenvalue weighted by atomic mass is 10.1. The Bertz CT molecular complexity index is 1250. The van der Waals surface area contributed by atoms with Gasteiger partial charge in [-0.3, -0.25) is 4.79 Å². The number of amides is 1. The van der Waals surface area contributed by atoms with Gasteiger partial charge in [-0.05, 0) is 47.7 Å². The van der Waals surface area contributed by atoms with Crippen molar-refractivity contribution >= 4 is 22.5 Å². The molecule has 150 valence electrons. The van der Waals surface area contributed by atoms with Crippen molar-refractivity contribution < 1.29 is 24.1 Å². The summed E-state index contributed by atoms with van der Waals surface area (Å²) < 4.78 is 2.81. The maximum atomic E-state index is 12.8. The molecule has 0 aliphatic heterocycles. The monoisotopic (exact) mass is 401 g/mol. The molecule has 1 heterocycles. The van der Waals surface area contributed by atoms with E-state index in [0.29, 0.717) is 22.3 Å². The molecule has 0 aliphatic carbocycles. The van der Waals surface area contributed by atoms with Crippen molar-refractivity contribution in [1.29, 1.82) is 0 Å². The maximum absolute atomic E-state index is 12.8. The predicted molar refractivity (Wildman–Crippen MR) is 114 cm³/mol. The van der Waals surface area contributed by atoms with Crippen LogP contribution in [-0.2, 0) is 11.3 Å².